The fraction of sp³-hybridized carbons (Fsp3) is 0.333. The Balaban J connectivity index is 2.90. The predicted octanol–water partition coefficient (Wildman–Crippen LogP) is 1.08. The van der Waals surface area contributed by atoms with E-state index in [1.807, 2.05) is 6.92 Å². The van der Waals surface area contributed by atoms with Crippen LogP contribution in [0.5, 0.6) is 0 Å². The average molecular weight is 138 g/mol. The summed E-state index contributed by atoms with van der Waals surface area (Å²) < 4.78 is 3.99. The zero-order valence-electron chi connectivity index (χ0n) is 5.09. The van der Waals surface area contributed by atoms with Crippen molar-refractivity contribution in [1.82, 2.24) is 9.36 Å². The lowest BCUT2D eigenvalue weighted by molar-refractivity contribution is 0.996. The van der Waals surface area contributed by atoms with Crippen molar-refractivity contribution in [3.05, 3.63) is 10.8 Å². The Morgan fingerprint density at radius 2 is 2.56 bits per heavy atom. The molecule has 46 valence electrons. The molecule has 3 heteroatoms. The van der Waals surface area contributed by atoms with Crippen molar-refractivity contribution in [2.24, 2.45) is 0 Å². The third-order valence-corrected chi connectivity index (χ3v) is 1.59. The summed E-state index contributed by atoms with van der Waals surface area (Å²) in [6.07, 6.45) is 5.94. The molecule has 0 aliphatic carbocycles. The second-order valence-corrected chi connectivity index (χ2v) is 2.27. The van der Waals surface area contributed by atoms with Crippen LogP contribution in [0.4, 0.5) is 0 Å². The van der Waals surface area contributed by atoms with Gasteiger partial charge < -0.3 is 0 Å². The highest BCUT2D eigenvalue weighted by Crippen LogP contribution is 2.01. The van der Waals surface area contributed by atoms with Crippen LogP contribution in [0.1, 0.15) is 17.8 Å². The van der Waals surface area contributed by atoms with Gasteiger partial charge in [0.25, 0.3) is 0 Å². The third-order valence-electron chi connectivity index (χ3n) is 0.908. The Kier molecular flexibility index (Phi) is 1.81. The van der Waals surface area contributed by atoms with Crippen molar-refractivity contribution < 1.29 is 0 Å². The zero-order chi connectivity index (χ0) is 6.69. The van der Waals surface area contributed by atoms with E-state index in [9.17, 15) is 0 Å². The topological polar surface area (TPSA) is 25.8 Å². The summed E-state index contributed by atoms with van der Waals surface area (Å²) in [7, 11) is 0. The van der Waals surface area contributed by atoms with Crippen molar-refractivity contribution in [2.45, 2.75) is 13.3 Å². The van der Waals surface area contributed by atoms with E-state index in [1.54, 1.807) is 0 Å². The SMILES string of the molecule is C#Cc1nc(CC)ns1. The summed E-state index contributed by atoms with van der Waals surface area (Å²) in [6.45, 7) is 2.00. The Morgan fingerprint density at radius 3 is 2.89 bits per heavy atom. The van der Waals surface area contributed by atoms with Gasteiger partial charge in [0.1, 0.15) is 5.82 Å². The number of rotatable bonds is 1. The monoisotopic (exact) mass is 138 g/mol. The molecule has 0 saturated heterocycles. The van der Waals surface area contributed by atoms with Crippen LogP contribution in [0.2, 0.25) is 0 Å². The zero-order valence-corrected chi connectivity index (χ0v) is 5.90. The molecule has 0 aliphatic rings. The molecule has 0 saturated carbocycles. The molecule has 2 nitrogen and oxygen atoms in total. The normalized spacial score (nSPS) is 8.89. The fourth-order valence-electron chi connectivity index (χ4n) is 0.456. The van der Waals surface area contributed by atoms with Crippen LogP contribution < -0.4 is 0 Å². The van der Waals surface area contributed by atoms with Gasteiger partial charge in [0.05, 0.1) is 0 Å². The first-order chi connectivity index (χ1) is 4.36. The third kappa shape index (κ3) is 1.27. The molecular weight excluding hydrogens is 132 g/mol. The maximum atomic E-state index is 5.08. The molecule has 0 atom stereocenters. The number of hydrogen-bond donors (Lipinski definition) is 0. The van der Waals surface area contributed by atoms with Crippen LogP contribution in [-0.4, -0.2) is 9.36 Å². The smallest absolute Gasteiger partial charge is 0.186 e. The number of aromatic nitrogens is 2. The highest BCUT2D eigenvalue weighted by molar-refractivity contribution is 7.06. The Morgan fingerprint density at radius 1 is 1.78 bits per heavy atom. The molecule has 1 rings (SSSR count). The Hall–Kier alpha value is -0.880. The number of nitrogens with zero attached hydrogens (tertiary/aromatic N) is 2. The number of aryl methyl sites for hydroxylation is 1. The van der Waals surface area contributed by atoms with Gasteiger partial charge in [-0.25, -0.2) is 4.98 Å². The van der Waals surface area contributed by atoms with Crippen LogP contribution in [0.15, 0.2) is 0 Å². The van der Waals surface area contributed by atoms with E-state index in [0.29, 0.717) is 5.01 Å². The summed E-state index contributed by atoms with van der Waals surface area (Å²) in [5, 5.41) is 0.673. The molecule has 1 aromatic heterocycles. The lowest BCUT2D eigenvalue weighted by atomic mass is 10.5. The maximum absolute atomic E-state index is 5.08. The molecule has 0 radical (unpaired) electrons. The van der Waals surface area contributed by atoms with E-state index >= 15 is 0 Å². The first kappa shape index (κ1) is 6.24. The van der Waals surface area contributed by atoms with Crippen LogP contribution >= 0.6 is 11.5 Å². The molecule has 1 heterocycles. The minimum absolute atomic E-state index is 0.673. The predicted molar refractivity (Wildman–Crippen MR) is 37.2 cm³/mol. The number of terminal acetylenes is 1. The summed E-state index contributed by atoms with van der Waals surface area (Å²) >= 11 is 1.28. The fourth-order valence-corrected chi connectivity index (χ4v) is 1.02. The standard InChI is InChI=1S/C6H6N2S/c1-3-5-7-6(4-2)9-8-5/h2H,3H2,1H3. The quantitative estimate of drug-likeness (QED) is 0.543. The van der Waals surface area contributed by atoms with Gasteiger partial charge in [-0.3, -0.25) is 0 Å². The number of hydrogen-bond acceptors (Lipinski definition) is 3. The molecule has 0 N–H and O–H groups in total. The van der Waals surface area contributed by atoms with Gasteiger partial charge in [-0.15, -0.1) is 6.42 Å². The molecule has 0 aromatic carbocycles. The van der Waals surface area contributed by atoms with Crippen molar-refractivity contribution in [2.75, 3.05) is 0 Å². The minimum Gasteiger partial charge on any atom is -0.211 e. The van der Waals surface area contributed by atoms with Crippen molar-refractivity contribution in [1.29, 1.82) is 0 Å². The van der Waals surface area contributed by atoms with Crippen LogP contribution in [0, 0.1) is 12.3 Å². The molecule has 0 amide bonds. The van der Waals surface area contributed by atoms with Gasteiger partial charge in [0, 0.05) is 6.42 Å². The van der Waals surface area contributed by atoms with Gasteiger partial charge in [-0.05, 0) is 17.5 Å². The van der Waals surface area contributed by atoms with Crippen molar-refractivity contribution >= 4 is 11.5 Å². The lowest BCUT2D eigenvalue weighted by Crippen LogP contribution is -1.80. The molecule has 9 heavy (non-hydrogen) atoms. The molecule has 0 spiro atoms. The molecular formula is C6H6N2S. The molecule has 1 aromatic rings. The first-order valence-corrected chi connectivity index (χ1v) is 3.43. The van der Waals surface area contributed by atoms with E-state index in [-0.39, 0.29) is 0 Å². The van der Waals surface area contributed by atoms with Gasteiger partial charge in [0.2, 0.25) is 0 Å². The van der Waals surface area contributed by atoms with Gasteiger partial charge >= 0.3 is 0 Å². The molecule has 0 aliphatic heterocycles. The van der Waals surface area contributed by atoms with Gasteiger partial charge in [0.15, 0.2) is 5.01 Å². The molecule has 0 bridgehead atoms. The van der Waals surface area contributed by atoms with Crippen LogP contribution in [0.25, 0.3) is 0 Å². The molecule has 0 unspecified atom stereocenters. The van der Waals surface area contributed by atoms with E-state index in [2.05, 4.69) is 15.3 Å². The minimum atomic E-state index is 0.673. The molecule has 0 fully saturated rings. The second-order valence-electron chi connectivity index (χ2n) is 1.51. The van der Waals surface area contributed by atoms with E-state index < -0.39 is 0 Å². The summed E-state index contributed by atoms with van der Waals surface area (Å²) in [6, 6.07) is 0. The Bertz CT molecular complexity index is 233. The lowest BCUT2D eigenvalue weighted by Gasteiger charge is -1.76. The Labute approximate surface area is 58.1 Å². The first-order valence-electron chi connectivity index (χ1n) is 2.66. The largest absolute Gasteiger partial charge is 0.211 e. The highest BCUT2D eigenvalue weighted by atomic mass is 32.1. The van der Waals surface area contributed by atoms with E-state index in [4.69, 9.17) is 6.42 Å². The van der Waals surface area contributed by atoms with Crippen molar-refractivity contribution in [3.63, 3.8) is 0 Å². The van der Waals surface area contributed by atoms with Crippen LogP contribution in [0.3, 0.4) is 0 Å². The highest BCUT2D eigenvalue weighted by Gasteiger charge is 1.95. The average Bonchev–Trinajstić information content (AvgIpc) is 2.34. The van der Waals surface area contributed by atoms with Crippen molar-refractivity contribution in [3.8, 4) is 12.3 Å². The summed E-state index contributed by atoms with van der Waals surface area (Å²) in [5.41, 5.74) is 0. The van der Waals surface area contributed by atoms with E-state index in [0.717, 1.165) is 12.2 Å². The van der Waals surface area contributed by atoms with Crippen LogP contribution in [-0.2, 0) is 6.42 Å². The summed E-state index contributed by atoms with van der Waals surface area (Å²) in [5.74, 6) is 3.27. The summed E-state index contributed by atoms with van der Waals surface area (Å²) in [4.78, 5) is 4.02. The second kappa shape index (κ2) is 2.60. The maximum Gasteiger partial charge on any atom is 0.186 e. The van der Waals surface area contributed by atoms with Gasteiger partial charge in [-0.1, -0.05) is 6.92 Å². The van der Waals surface area contributed by atoms with Gasteiger partial charge in [-0.2, -0.15) is 4.37 Å². The van der Waals surface area contributed by atoms with E-state index in [1.165, 1.54) is 11.5 Å².